The molecule has 4 rings (SSSR count). The molecule has 2 atom stereocenters. The molecule has 0 radical (unpaired) electrons. The van der Waals surface area contributed by atoms with Crippen LogP contribution >= 0.6 is 11.8 Å². The minimum atomic E-state index is -0.591. The van der Waals surface area contributed by atoms with Crippen LogP contribution in [0, 0.1) is 11.7 Å². The third-order valence-electron chi connectivity index (χ3n) is 5.77. The van der Waals surface area contributed by atoms with E-state index >= 15 is 0 Å². The fraction of sp³-hybridized carbons (Fsp3) is 0.435. The Kier molecular flexibility index (Phi) is 6.20. The van der Waals surface area contributed by atoms with Crippen molar-refractivity contribution in [2.75, 3.05) is 13.1 Å². The highest BCUT2D eigenvalue weighted by Gasteiger charge is 2.41. The topological polar surface area (TPSA) is 55.2 Å². The van der Waals surface area contributed by atoms with Gasteiger partial charge in [0.1, 0.15) is 11.6 Å². The lowest BCUT2D eigenvalue weighted by Crippen LogP contribution is -2.43. The molecule has 1 aliphatic carbocycles. The maximum absolute atomic E-state index is 14.7. The summed E-state index contributed by atoms with van der Waals surface area (Å²) in [4.78, 5) is 31.5. The molecule has 30 heavy (non-hydrogen) atoms. The number of nitrogens with zero attached hydrogens (tertiary/aromatic N) is 3. The number of likely N-dealkylation sites (tertiary alicyclic amines) is 1. The lowest BCUT2D eigenvalue weighted by Gasteiger charge is -2.38. The Morgan fingerprint density at radius 3 is 2.67 bits per heavy atom. The normalized spacial score (nSPS) is 22.2. The molecular formula is C23H26FN3O2S. The second-order valence-electron chi connectivity index (χ2n) is 8.07. The third-order valence-corrected chi connectivity index (χ3v) is 6.93. The second-order valence-corrected chi connectivity index (χ2v) is 9.45. The quantitative estimate of drug-likeness (QED) is 0.697. The van der Waals surface area contributed by atoms with Crippen LogP contribution in [-0.4, -0.2) is 43.7 Å². The van der Waals surface area contributed by atoms with Crippen LogP contribution in [0.2, 0.25) is 0 Å². The molecule has 0 bridgehead atoms. The van der Waals surface area contributed by atoms with E-state index in [2.05, 4.69) is 9.88 Å². The number of thioether (sulfide) groups is 1. The molecule has 1 saturated heterocycles. The van der Waals surface area contributed by atoms with E-state index in [-0.39, 0.29) is 27.9 Å². The van der Waals surface area contributed by atoms with Crippen LogP contribution in [0.15, 0.2) is 42.2 Å². The molecule has 2 unspecified atom stereocenters. The standard InChI is InChI=1S/C23H26FN3O2S/c1-15(28)30-20-9-11-27(14-17(20)13-21-25-10-12-26(21)2)22(23(29)16-7-8-16)18-5-3-4-6-19(18)24/h3-6,10,12-13,16,20,22H,7-9,11,14H2,1-2H3/b17-13+. The zero-order valence-electron chi connectivity index (χ0n) is 17.3. The van der Waals surface area contributed by atoms with Gasteiger partial charge >= 0.3 is 0 Å². The van der Waals surface area contributed by atoms with Gasteiger partial charge in [0.25, 0.3) is 0 Å². The summed E-state index contributed by atoms with van der Waals surface area (Å²) in [6.45, 7) is 2.73. The minimum absolute atomic E-state index is 0.0286. The minimum Gasteiger partial charge on any atom is -0.335 e. The van der Waals surface area contributed by atoms with Crippen LogP contribution in [-0.2, 0) is 16.6 Å². The SMILES string of the molecule is CC(=O)SC1CCN(C(C(=O)C2CC2)c2ccccc2F)C/C1=C\c1nccn1C. The number of piperidine rings is 1. The number of aromatic nitrogens is 2. The van der Waals surface area contributed by atoms with Crippen LogP contribution in [0.4, 0.5) is 4.39 Å². The zero-order valence-corrected chi connectivity index (χ0v) is 18.1. The van der Waals surface area contributed by atoms with Crippen molar-refractivity contribution in [1.29, 1.82) is 0 Å². The number of hydrogen-bond donors (Lipinski definition) is 0. The van der Waals surface area contributed by atoms with E-state index in [1.807, 2.05) is 23.9 Å². The van der Waals surface area contributed by atoms with Crippen molar-refractivity contribution in [3.63, 3.8) is 0 Å². The first-order chi connectivity index (χ1) is 14.4. The monoisotopic (exact) mass is 427 g/mol. The predicted octanol–water partition coefficient (Wildman–Crippen LogP) is 4.02. The summed E-state index contributed by atoms with van der Waals surface area (Å²) in [7, 11) is 1.92. The van der Waals surface area contributed by atoms with Crippen molar-refractivity contribution in [2.45, 2.75) is 37.5 Å². The van der Waals surface area contributed by atoms with E-state index in [4.69, 9.17) is 0 Å². The molecule has 1 aliphatic heterocycles. The molecule has 0 N–H and O–H groups in total. The molecule has 158 valence electrons. The van der Waals surface area contributed by atoms with Gasteiger partial charge in [-0.05, 0) is 37.0 Å². The number of rotatable bonds is 6. The summed E-state index contributed by atoms with van der Waals surface area (Å²) in [5, 5.41) is 0.103. The smallest absolute Gasteiger partial charge is 0.186 e. The molecular weight excluding hydrogens is 401 g/mol. The highest BCUT2D eigenvalue weighted by atomic mass is 32.2. The first kappa shape index (κ1) is 21.0. The highest BCUT2D eigenvalue weighted by Crippen LogP contribution is 2.40. The third kappa shape index (κ3) is 4.57. The number of carbonyl (C=O) groups is 2. The molecule has 2 heterocycles. The molecule has 0 spiro atoms. The lowest BCUT2D eigenvalue weighted by atomic mass is 9.93. The molecule has 1 saturated carbocycles. The van der Waals surface area contributed by atoms with E-state index in [9.17, 15) is 14.0 Å². The predicted molar refractivity (Wildman–Crippen MR) is 116 cm³/mol. The molecule has 2 aromatic rings. The van der Waals surface area contributed by atoms with Gasteiger partial charge in [-0.25, -0.2) is 9.37 Å². The average Bonchev–Trinajstić information content (AvgIpc) is 3.48. The first-order valence-corrected chi connectivity index (χ1v) is 11.2. The number of aryl methyl sites for hydroxylation is 1. The van der Waals surface area contributed by atoms with Crippen molar-refractivity contribution in [3.8, 4) is 0 Å². The number of hydrogen-bond acceptors (Lipinski definition) is 5. The molecule has 5 nitrogen and oxygen atoms in total. The van der Waals surface area contributed by atoms with Crippen LogP contribution in [0.1, 0.15) is 43.6 Å². The van der Waals surface area contributed by atoms with Crippen molar-refractivity contribution in [1.82, 2.24) is 14.5 Å². The Morgan fingerprint density at radius 2 is 2.03 bits per heavy atom. The molecule has 1 aromatic carbocycles. The molecule has 7 heteroatoms. The summed E-state index contributed by atoms with van der Waals surface area (Å²) < 4.78 is 16.6. The van der Waals surface area contributed by atoms with E-state index in [0.717, 1.165) is 30.7 Å². The summed E-state index contributed by atoms with van der Waals surface area (Å²) in [5.74, 6) is 0.596. The number of carbonyl (C=O) groups excluding carboxylic acids is 2. The fourth-order valence-electron chi connectivity index (χ4n) is 4.08. The van der Waals surface area contributed by atoms with Crippen molar-refractivity contribution in [3.05, 3.63) is 59.4 Å². The Morgan fingerprint density at radius 1 is 1.27 bits per heavy atom. The van der Waals surface area contributed by atoms with Gasteiger partial charge < -0.3 is 4.57 Å². The average molecular weight is 428 g/mol. The summed E-state index contributed by atoms with van der Waals surface area (Å²) >= 11 is 1.32. The first-order valence-electron chi connectivity index (χ1n) is 10.3. The zero-order chi connectivity index (χ0) is 21.3. The molecule has 2 fully saturated rings. The van der Waals surface area contributed by atoms with Crippen LogP contribution in [0.5, 0.6) is 0 Å². The van der Waals surface area contributed by atoms with Crippen LogP contribution in [0.3, 0.4) is 0 Å². The van der Waals surface area contributed by atoms with Gasteiger partial charge in [0.2, 0.25) is 0 Å². The van der Waals surface area contributed by atoms with Gasteiger partial charge in [-0.15, -0.1) is 0 Å². The fourth-order valence-corrected chi connectivity index (χ4v) is 5.00. The van der Waals surface area contributed by atoms with Gasteiger partial charge in [0, 0.05) is 56.2 Å². The maximum Gasteiger partial charge on any atom is 0.186 e. The number of imidazole rings is 1. The molecule has 0 amide bonds. The van der Waals surface area contributed by atoms with Crippen LogP contribution in [0.25, 0.3) is 6.08 Å². The van der Waals surface area contributed by atoms with Crippen molar-refractivity contribution >= 4 is 28.7 Å². The van der Waals surface area contributed by atoms with Gasteiger partial charge in [-0.1, -0.05) is 30.0 Å². The highest BCUT2D eigenvalue weighted by molar-refractivity contribution is 8.14. The summed E-state index contributed by atoms with van der Waals surface area (Å²) in [6, 6.07) is 5.99. The number of halogens is 1. The van der Waals surface area contributed by atoms with E-state index in [1.54, 1.807) is 31.3 Å². The Labute approximate surface area is 180 Å². The van der Waals surface area contributed by atoms with E-state index < -0.39 is 6.04 Å². The van der Waals surface area contributed by atoms with Crippen molar-refractivity contribution < 1.29 is 14.0 Å². The number of ketones is 1. The molecule has 1 aromatic heterocycles. The van der Waals surface area contributed by atoms with Crippen LogP contribution < -0.4 is 0 Å². The number of benzene rings is 1. The van der Waals surface area contributed by atoms with Gasteiger partial charge in [-0.3, -0.25) is 14.5 Å². The van der Waals surface area contributed by atoms with Gasteiger partial charge in [-0.2, -0.15) is 0 Å². The van der Waals surface area contributed by atoms with Gasteiger partial charge in [0.15, 0.2) is 10.9 Å². The maximum atomic E-state index is 14.7. The van der Waals surface area contributed by atoms with Crippen molar-refractivity contribution in [2.24, 2.45) is 13.0 Å². The summed E-state index contributed by atoms with van der Waals surface area (Å²) in [6.07, 6.45) is 8.11. The Bertz CT molecular complexity index is 982. The van der Waals surface area contributed by atoms with Gasteiger partial charge in [0.05, 0.1) is 6.04 Å². The largest absolute Gasteiger partial charge is 0.335 e. The summed E-state index contributed by atoms with van der Waals surface area (Å²) in [5.41, 5.74) is 1.49. The van der Waals surface area contributed by atoms with E-state index in [1.165, 1.54) is 17.8 Å². The second kappa shape index (κ2) is 8.86. The Balaban J connectivity index is 1.68. The van der Waals surface area contributed by atoms with E-state index in [0.29, 0.717) is 18.7 Å². The number of Topliss-reactive ketones (excluding diaryl/α,β-unsaturated/α-hetero) is 1. The molecule has 2 aliphatic rings. The lowest BCUT2D eigenvalue weighted by molar-refractivity contribution is -0.126. The Hall–Kier alpha value is -2.25.